The molecule has 9 nitrogen and oxygen atoms in total. The highest BCUT2D eigenvalue weighted by Gasteiger charge is 2.29. The van der Waals surface area contributed by atoms with Crippen LogP contribution in [0.5, 0.6) is 0 Å². The summed E-state index contributed by atoms with van der Waals surface area (Å²) in [6, 6.07) is 12.8. The second-order valence-electron chi connectivity index (χ2n) is 6.99. The number of benzene rings is 2. The van der Waals surface area contributed by atoms with Crippen LogP contribution in [-0.4, -0.2) is 62.1 Å². The van der Waals surface area contributed by atoms with Crippen LogP contribution in [0, 0.1) is 10.1 Å². The van der Waals surface area contributed by atoms with Crippen LogP contribution >= 0.6 is 0 Å². The van der Waals surface area contributed by atoms with Gasteiger partial charge in [0.05, 0.1) is 23.7 Å². The van der Waals surface area contributed by atoms with E-state index in [9.17, 15) is 19.7 Å². The van der Waals surface area contributed by atoms with E-state index in [1.54, 1.807) is 44.4 Å². The number of carbonyl (C=O) groups excluding carboxylic acids is 2. The highest BCUT2D eigenvalue weighted by atomic mass is 16.6. The molecule has 0 bridgehead atoms. The summed E-state index contributed by atoms with van der Waals surface area (Å²) in [5, 5.41) is 11.6. The molecule has 3 rings (SSSR count). The van der Waals surface area contributed by atoms with Gasteiger partial charge in [-0.1, -0.05) is 30.3 Å². The quantitative estimate of drug-likeness (QED) is 0.407. The van der Waals surface area contributed by atoms with Crippen LogP contribution in [0.15, 0.2) is 48.5 Å². The standard InChI is InChI=1S/C21H23N3O6/c1-22(2)20(25)19(15-6-4-3-5-7-15)30-21(26)16-8-9-17(18(14-16)24(27)28)23-10-12-29-13-11-23/h3-9,14,19H,10-13H2,1-2H3/t19-/m1/s1. The smallest absolute Gasteiger partial charge is 0.339 e. The molecule has 0 saturated carbocycles. The number of hydrogen-bond donors (Lipinski definition) is 0. The summed E-state index contributed by atoms with van der Waals surface area (Å²) >= 11 is 0. The lowest BCUT2D eigenvalue weighted by molar-refractivity contribution is -0.384. The predicted molar refractivity (Wildman–Crippen MR) is 109 cm³/mol. The molecule has 1 heterocycles. The maximum atomic E-state index is 12.8. The molecule has 9 heteroatoms. The first-order valence-corrected chi connectivity index (χ1v) is 9.46. The van der Waals surface area contributed by atoms with E-state index >= 15 is 0 Å². The molecule has 1 amide bonds. The molecule has 0 radical (unpaired) electrons. The van der Waals surface area contributed by atoms with Gasteiger partial charge in [0.25, 0.3) is 11.6 Å². The van der Waals surface area contributed by atoms with Crippen LogP contribution in [0.1, 0.15) is 22.0 Å². The highest BCUT2D eigenvalue weighted by Crippen LogP contribution is 2.31. The van der Waals surface area contributed by atoms with Crippen LogP contribution in [0.25, 0.3) is 0 Å². The number of nitro groups is 1. The fourth-order valence-electron chi connectivity index (χ4n) is 3.17. The third kappa shape index (κ3) is 4.74. The van der Waals surface area contributed by atoms with Crippen molar-refractivity contribution < 1.29 is 24.0 Å². The molecule has 1 atom stereocenters. The van der Waals surface area contributed by atoms with Gasteiger partial charge in [0.1, 0.15) is 5.69 Å². The van der Waals surface area contributed by atoms with E-state index in [-0.39, 0.29) is 11.3 Å². The van der Waals surface area contributed by atoms with Gasteiger partial charge in [0.2, 0.25) is 6.10 Å². The largest absolute Gasteiger partial charge is 0.444 e. The molecule has 158 valence electrons. The average Bonchev–Trinajstić information content (AvgIpc) is 2.77. The lowest BCUT2D eigenvalue weighted by Gasteiger charge is -2.28. The van der Waals surface area contributed by atoms with Crippen LogP contribution in [-0.2, 0) is 14.3 Å². The van der Waals surface area contributed by atoms with E-state index in [1.165, 1.54) is 23.1 Å². The Morgan fingerprint density at radius 3 is 2.40 bits per heavy atom. The van der Waals surface area contributed by atoms with Crippen molar-refractivity contribution >= 4 is 23.3 Å². The van der Waals surface area contributed by atoms with Crippen LogP contribution in [0.4, 0.5) is 11.4 Å². The van der Waals surface area contributed by atoms with E-state index < -0.39 is 22.9 Å². The molecule has 2 aromatic carbocycles. The molecule has 30 heavy (non-hydrogen) atoms. The van der Waals surface area contributed by atoms with Gasteiger partial charge in [-0.15, -0.1) is 0 Å². The molecule has 0 unspecified atom stereocenters. The van der Waals surface area contributed by atoms with Gasteiger partial charge in [0.15, 0.2) is 0 Å². The van der Waals surface area contributed by atoms with Crippen molar-refractivity contribution in [2.75, 3.05) is 45.3 Å². The van der Waals surface area contributed by atoms with Crippen LogP contribution < -0.4 is 4.90 Å². The number of rotatable bonds is 6. The number of amides is 1. The van der Waals surface area contributed by atoms with Gasteiger partial charge in [-0.25, -0.2) is 4.79 Å². The zero-order chi connectivity index (χ0) is 21.7. The van der Waals surface area contributed by atoms with Gasteiger partial charge >= 0.3 is 5.97 Å². The second-order valence-corrected chi connectivity index (χ2v) is 6.99. The first-order valence-electron chi connectivity index (χ1n) is 9.46. The topological polar surface area (TPSA) is 102 Å². The molecule has 0 aliphatic carbocycles. The van der Waals surface area contributed by atoms with Crippen LogP contribution in [0.3, 0.4) is 0 Å². The van der Waals surface area contributed by atoms with Gasteiger partial charge < -0.3 is 19.3 Å². The number of morpholine rings is 1. The van der Waals surface area contributed by atoms with Gasteiger partial charge in [-0.3, -0.25) is 14.9 Å². The van der Waals surface area contributed by atoms with Gasteiger partial charge in [-0.05, 0) is 12.1 Å². The zero-order valence-corrected chi connectivity index (χ0v) is 16.8. The summed E-state index contributed by atoms with van der Waals surface area (Å²) < 4.78 is 10.8. The van der Waals surface area contributed by atoms with E-state index in [2.05, 4.69) is 0 Å². The molecule has 1 saturated heterocycles. The van der Waals surface area contributed by atoms with Crippen molar-refractivity contribution in [3.63, 3.8) is 0 Å². The minimum Gasteiger partial charge on any atom is -0.444 e. The SMILES string of the molecule is CN(C)C(=O)[C@H](OC(=O)c1ccc(N2CCOCC2)c([N+](=O)[O-])c1)c1ccccc1. The maximum Gasteiger partial charge on any atom is 0.339 e. The summed E-state index contributed by atoms with van der Waals surface area (Å²) in [7, 11) is 3.13. The Bertz CT molecular complexity index is 926. The third-order valence-electron chi connectivity index (χ3n) is 4.75. The Kier molecular flexibility index (Phi) is 6.63. The lowest BCUT2D eigenvalue weighted by atomic mass is 10.1. The van der Waals surface area contributed by atoms with Crippen molar-refractivity contribution in [1.29, 1.82) is 0 Å². The summed E-state index contributed by atoms with van der Waals surface area (Å²) in [6.07, 6.45) is -1.15. The van der Waals surface area contributed by atoms with E-state index in [0.717, 1.165) is 0 Å². The zero-order valence-electron chi connectivity index (χ0n) is 16.8. The van der Waals surface area contributed by atoms with E-state index in [1.807, 2.05) is 4.90 Å². The number of hydrogen-bond acceptors (Lipinski definition) is 7. The number of likely N-dealkylation sites (N-methyl/N-ethyl adjacent to an activating group) is 1. The average molecular weight is 413 g/mol. The number of nitrogens with zero attached hydrogens (tertiary/aromatic N) is 3. The monoisotopic (exact) mass is 413 g/mol. The highest BCUT2D eigenvalue weighted by molar-refractivity contribution is 5.94. The number of carbonyl (C=O) groups is 2. The first kappa shape index (κ1) is 21.3. The normalized spacial score (nSPS) is 14.7. The third-order valence-corrected chi connectivity index (χ3v) is 4.75. The first-order chi connectivity index (χ1) is 14.4. The fourth-order valence-corrected chi connectivity index (χ4v) is 3.17. The number of esters is 1. The number of nitro benzene ring substituents is 1. The fraction of sp³-hybridized carbons (Fsp3) is 0.333. The second kappa shape index (κ2) is 9.36. The van der Waals surface area contributed by atoms with Crippen molar-refractivity contribution in [2.24, 2.45) is 0 Å². The Morgan fingerprint density at radius 2 is 1.80 bits per heavy atom. The van der Waals surface area contributed by atoms with Crippen molar-refractivity contribution in [1.82, 2.24) is 4.90 Å². The molecule has 1 aliphatic heterocycles. The Hall–Kier alpha value is -3.46. The lowest BCUT2D eigenvalue weighted by Crippen LogP contribution is -2.36. The summed E-state index contributed by atoms with van der Waals surface area (Å²) in [6.45, 7) is 2.01. The number of anilines is 1. The molecular formula is C21H23N3O6. The number of ether oxygens (including phenoxy) is 2. The summed E-state index contributed by atoms with van der Waals surface area (Å²) in [4.78, 5) is 39.6. The molecule has 0 spiro atoms. The Morgan fingerprint density at radius 1 is 1.13 bits per heavy atom. The molecule has 0 aromatic heterocycles. The maximum absolute atomic E-state index is 12.8. The van der Waals surface area contributed by atoms with Gasteiger partial charge in [0, 0.05) is 38.8 Å². The molecule has 1 aliphatic rings. The molecular weight excluding hydrogens is 390 g/mol. The van der Waals surface area contributed by atoms with Crippen LogP contribution in [0.2, 0.25) is 0 Å². The van der Waals surface area contributed by atoms with Crippen molar-refractivity contribution in [3.05, 3.63) is 69.8 Å². The van der Waals surface area contributed by atoms with Crippen molar-refractivity contribution in [2.45, 2.75) is 6.10 Å². The Labute approximate surface area is 173 Å². The van der Waals surface area contributed by atoms with Gasteiger partial charge in [-0.2, -0.15) is 0 Å². The minimum atomic E-state index is -1.15. The molecule has 0 N–H and O–H groups in total. The molecule has 2 aromatic rings. The van der Waals surface area contributed by atoms with E-state index in [4.69, 9.17) is 9.47 Å². The summed E-state index contributed by atoms with van der Waals surface area (Å²) in [5.41, 5.74) is 0.751. The van der Waals surface area contributed by atoms with Crippen molar-refractivity contribution in [3.8, 4) is 0 Å². The predicted octanol–water partition coefficient (Wildman–Crippen LogP) is 2.42. The van der Waals surface area contributed by atoms with E-state index in [0.29, 0.717) is 37.6 Å². The minimum absolute atomic E-state index is 0.00574. The Balaban J connectivity index is 1.88. The molecule has 1 fully saturated rings. The summed E-state index contributed by atoms with van der Waals surface area (Å²) in [5.74, 6) is -1.22.